The van der Waals surface area contributed by atoms with E-state index < -0.39 is 28.1 Å². The lowest BCUT2D eigenvalue weighted by molar-refractivity contribution is -0.385. The number of pyridine rings is 1. The quantitative estimate of drug-likeness (QED) is 0.376. The van der Waals surface area contributed by atoms with Crippen molar-refractivity contribution < 1.29 is 18.8 Å². The van der Waals surface area contributed by atoms with Gasteiger partial charge in [0.1, 0.15) is 11.5 Å². The van der Waals surface area contributed by atoms with Gasteiger partial charge in [-0.1, -0.05) is 11.6 Å². The standard InChI is InChI=1S/C12H6ClFN2O4/c13-7-3-4-15-9(5-7)12(17)20-11-6-8(14)1-2-10(11)16(18)19/h1-6H. The zero-order valence-corrected chi connectivity index (χ0v) is 10.5. The van der Waals surface area contributed by atoms with E-state index in [1.54, 1.807) is 0 Å². The third kappa shape index (κ3) is 3.07. The fourth-order valence-electron chi connectivity index (χ4n) is 1.39. The van der Waals surface area contributed by atoms with Gasteiger partial charge in [-0.25, -0.2) is 14.2 Å². The van der Waals surface area contributed by atoms with Crippen LogP contribution in [-0.2, 0) is 0 Å². The number of hydrogen-bond donors (Lipinski definition) is 0. The van der Waals surface area contributed by atoms with Crippen molar-refractivity contribution in [3.63, 3.8) is 0 Å². The molecule has 0 aliphatic heterocycles. The van der Waals surface area contributed by atoms with E-state index in [-0.39, 0.29) is 10.7 Å². The van der Waals surface area contributed by atoms with Crippen molar-refractivity contribution >= 4 is 23.3 Å². The Morgan fingerprint density at radius 3 is 2.75 bits per heavy atom. The van der Waals surface area contributed by atoms with E-state index in [0.717, 1.165) is 18.2 Å². The first-order valence-electron chi connectivity index (χ1n) is 5.25. The van der Waals surface area contributed by atoms with Crippen LogP contribution in [0.4, 0.5) is 10.1 Å². The van der Waals surface area contributed by atoms with E-state index in [9.17, 15) is 19.3 Å². The molecule has 0 spiro atoms. The van der Waals surface area contributed by atoms with Crippen LogP contribution in [0.15, 0.2) is 36.5 Å². The van der Waals surface area contributed by atoms with Gasteiger partial charge in [-0.3, -0.25) is 10.1 Å². The SMILES string of the molecule is O=C(Oc1cc(F)ccc1[N+](=O)[O-])c1cc(Cl)ccn1. The van der Waals surface area contributed by atoms with Crippen LogP contribution in [0.25, 0.3) is 0 Å². The molecule has 0 bridgehead atoms. The second-order valence-corrected chi connectivity index (χ2v) is 4.05. The molecule has 0 unspecified atom stereocenters. The molecule has 6 nitrogen and oxygen atoms in total. The normalized spacial score (nSPS) is 10.1. The molecule has 0 saturated heterocycles. The van der Waals surface area contributed by atoms with E-state index in [0.29, 0.717) is 0 Å². The maximum atomic E-state index is 13.1. The van der Waals surface area contributed by atoms with Crippen LogP contribution < -0.4 is 4.74 Å². The Labute approximate surface area is 116 Å². The third-order valence-corrected chi connectivity index (χ3v) is 2.49. The molecule has 102 valence electrons. The molecule has 8 heteroatoms. The summed E-state index contributed by atoms with van der Waals surface area (Å²) in [4.78, 5) is 25.4. The minimum atomic E-state index is -0.971. The topological polar surface area (TPSA) is 82.3 Å². The molecule has 0 fully saturated rings. The summed E-state index contributed by atoms with van der Waals surface area (Å²) in [5, 5.41) is 11.0. The van der Waals surface area contributed by atoms with Crippen molar-refractivity contribution in [2.45, 2.75) is 0 Å². The molecule has 1 heterocycles. The monoisotopic (exact) mass is 296 g/mol. The zero-order valence-electron chi connectivity index (χ0n) is 9.75. The van der Waals surface area contributed by atoms with Crippen LogP contribution in [-0.4, -0.2) is 15.9 Å². The molecule has 2 aromatic rings. The Balaban J connectivity index is 2.32. The van der Waals surface area contributed by atoms with E-state index in [1.165, 1.54) is 18.3 Å². The van der Waals surface area contributed by atoms with Crippen molar-refractivity contribution in [2.75, 3.05) is 0 Å². The van der Waals surface area contributed by atoms with Gasteiger partial charge >= 0.3 is 11.7 Å². The Morgan fingerprint density at radius 2 is 2.10 bits per heavy atom. The number of nitro groups is 1. The zero-order chi connectivity index (χ0) is 14.7. The first-order valence-corrected chi connectivity index (χ1v) is 5.63. The first kappa shape index (κ1) is 13.9. The molecule has 20 heavy (non-hydrogen) atoms. The summed E-state index contributed by atoms with van der Waals surface area (Å²) in [5.74, 6) is -2.24. The van der Waals surface area contributed by atoms with Gasteiger partial charge in [0.15, 0.2) is 0 Å². The van der Waals surface area contributed by atoms with E-state index in [2.05, 4.69) is 4.98 Å². The maximum absolute atomic E-state index is 13.1. The molecule has 1 aromatic carbocycles. The number of rotatable bonds is 3. The molecule has 0 saturated carbocycles. The van der Waals surface area contributed by atoms with Crippen molar-refractivity contribution in [1.82, 2.24) is 4.98 Å². The van der Waals surface area contributed by atoms with Crippen LogP contribution in [0.1, 0.15) is 10.5 Å². The van der Waals surface area contributed by atoms with Gasteiger partial charge < -0.3 is 4.74 Å². The molecule has 0 aliphatic carbocycles. The molecular weight excluding hydrogens is 291 g/mol. The Kier molecular flexibility index (Phi) is 3.90. The first-order chi connectivity index (χ1) is 9.47. The van der Waals surface area contributed by atoms with Gasteiger partial charge in [0.05, 0.1) is 4.92 Å². The molecule has 0 atom stereocenters. The highest BCUT2D eigenvalue weighted by molar-refractivity contribution is 6.30. The number of nitrogens with zero attached hydrogens (tertiary/aromatic N) is 2. The van der Waals surface area contributed by atoms with Crippen LogP contribution in [0.2, 0.25) is 5.02 Å². The summed E-state index contributed by atoms with van der Waals surface area (Å²) in [5.41, 5.74) is -0.669. The summed E-state index contributed by atoms with van der Waals surface area (Å²) in [6.07, 6.45) is 1.28. The summed E-state index contributed by atoms with van der Waals surface area (Å²) in [6.45, 7) is 0. The lowest BCUT2D eigenvalue weighted by Crippen LogP contribution is -2.11. The second kappa shape index (κ2) is 5.62. The van der Waals surface area contributed by atoms with Crippen molar-refractivity contribution in [3.05, 3.63) is 63.2 Å². The van der Waals surface area contributed by atoms with Crippen LogP contribution >= 0.6 is 11.6 Å². The fourth-order valence-corrected chi connectivity index (χ4v) is 1.55. The largest absolute Gasteiger partial charge is 0.414 e. The Hall–Kier alpha value is -2.54. The number of aromatic nitrogens is 1. The lowest BCUT2D eigenvalue weighted by Gasteiger charge is -2.04. The highest BCUT2D eigenvalue weighted by Gasteiger charge is 2.20. The fraction of sp³-hybridized carbons (Fsp3) is 0. The molecular formula is C12H6ClFN2O4. The summed E-state index contributed by atoms with van der Waals surface area (Å²) >= 11 is 5.68. The summed E-state index contributed by atoms with van der Waals surface area (Å²) in [6, 6.07) is 5.23. The van der Waals surface area contributed by atoms with Crippen LogP contribution in [0.5, 0.6) is 5.75 Å². The summed E-state index contributed by atoms with van der Waals surface area (Å²) in [7, 11) is 0. The van der Waals surface area contributed by atoms with Gasteiger partial charge in [-0.15, -0.1) is 0 Å². The molecule has 0 aliphatic rings. The highest BCUT2D eigenvalue weighted by Crippen LogP contribution is 2.28. The number of halogens is 2. The number of esters is 1. The van der Waals surface area contributed by atoms with Crippen molar-refractivity contribution in [3.8, 4) is 5.75 Å². The molecule has 2 rings (SSSR count). The average molecular weight is 297 g/mol. The number of carbonyl (C=O) groups is 1. The number of ether oxygens (including phenoxy) is 1. The third-order valence-electron chi connectivity index (χ3n) is 2.25. The number of hydrogen-bond acceptors (Lipinski definition) is 5. The van der Waals surface area contributed by atoms with E-state index in [4.69, 9.17) is 16.3 Å². The molecule has 0 amide bonds. The second-order valence-electron chi connectivity index (χ2n) is 3.62. The van der Waals surface area contributed by atoms with Gasteiger partial charge in [0.2, 0.25) is 5.75 Å². The molecule has 0 radical (unpaired) electrons. The van der Waals surface area contributed by atoms with Crippen LogP contribution in [0, 0.1) is 15.9 Å². The Morgan fingerprint density at radius 1 is 1.35 bits per heavy atom. The maximum Gasteiger partial charge on any atom is 0.362 e. The van der Waals surface area contributed by atoms with Gasteiger partial charge in [-0.2, -0.15) is 0 Å². The number of carbonyl (C=O) groups excluding carboxylic acids is 1. The van der Waals surface area contributed by atoms with Crippen LogP contribution in [0.3, 0.4) is 0 Å². The van der Waals surface area contributed by atoms with Gasteiger partial charge in [0.25, 0.3) is 0 Å². The highest BCUT2D eigenvalue weighted by atomic mass is 35.5. The lowest BCUT2D eigenvalue weighted by atomic mass is 10.3. The average Bonchev–Trinajstić information content (AvgIpc) is 2.38. The van der Waals surface area contributed by atoms with E-state index >= 15 is 0 Å². The predicted molar refractivity (Wildman–Crippen MR) is 67.3 cm³/mol. The smallest absolute Gasteiger partial charge is 0.362 e. The van der Waals surface area contributed by atoms with E-state index in [1.807, 2.05) is 0 Å². The number of benzene rings is 1. The van der Waals surface area contributed by atoms with Gasteiger partial charge in [0, 0.05) is 23.4 Å². The number of nitro benzene ring substituents is 1. The van der Waals surface area contributed by atoms with Crippen molar-refractivity contribution in [1.29, 1.82) is 0 Å². The summed E-state index contributed by atoms with van der Waals surface area (Å²) < 4.78 is 17.9. The Bertz CT molecular complexity index is 693. The predicted octanol–water partition coefficient (Wildman–Crippen LogP) is 3.00. The van der Waals surface area contributed by atoms with Gasteiger partial charge in [-0.05, 0) is 18.2 Å². The van der Waals surface area contributed by atoms with Crippen molar-refractivity contribution in [2.24, 2.45) is 0 Å². The minimum absolute atomic E-state index is 0.143. The molecule has 0 N–H and O–H groups in total. The molecule has 1 aromatic heterocycles. The minimum Gasteiger partial charge on any atom is -0.414 e.